The summed E-state index contributed by atoms with van der Waals surface area (Å²) in [5.74, 6) is 1.17. The van der Waals surface area contributed by atoms with E-state index in [1.165, 1.54) is 44.2 Å². The van der Waals surface area contributed by atoms with Crippen LogP contribution in [0.2, 0.25) is 0 Å². The van der Waals surface area contributed by atoms with Gasteiger partial charge >= 0.3 is 6.18 Å². The summed E-state index contributed by atoms with van der Waals surface area (Å²) >= 11 is 0. The van der Waals surface area contributed by atoms with Gasteiger partial charge in [0, 0.05) is 17.3 Å². The molecule has 0 spiro atoms. The van der Waals surface area contributed by atoms with Crippen molar-refractivity contribution in [3.8, 4) is 11.1 Å². The standard InChI is InChI=1S/C22H25F4N/c1-2-15-3-5-16(6-4-15)7-8-17-9-11-19(20(23)13-17)18-10-12-21(27-14-18)22(24,25)26/h9-16H,2-8H2,1H3. The summed E-state index contributed by atoms with van der Waals surface area (Å²) in [6, 6.07) is 7.16. The molecule has 0 bridgehead atoms. The lowest BCUT2D eigenvalue weighted by molar-refractivity contribution is -0.141. The lowest BCUT2D eigenvalue weighted by Crippen LogP contribution is -2.14. The van der Waals surface area contributed by atoms with Gasteiger partial charge in [-0.05, 0) is 42.4 Å². The Hall–Kier alpha value is -1.91. The van der Waals surface area contributed by atoms with Crippen LogP contribution in [0.5, 0.6) is 0 Å². The van der Waals surface area contributed by atoms with Crippen molar-refractivity contribution in [2.24, 2.45) is 11.8 Å². The van der Waals surface area contributed by atoms with E-state index in [2.05, 4.69) is 11.9 Å². The fourth-order valence-electron chi connectivity index (χ4n) is 3.97. The quantitative estimate of drug-likeness (QED) is 0.507. The van der Waals surface area contributed by atoms with Crippen LogP contribution in [0.15, 0.2) is 36.5 Å². The first-order chi connectivity index (χ1) is 12.9. The van der Waals surface area contributed by atoms with Gasteiger partial charge in [-0.3, -0.25) is 4.98 Å². The summed E-state index contributed by atoms with van der Waals surface area (Å²) in [6.45, 7) is 2.25. The van der Waals surface area contributed by atoms with E-state index in [9.17, 15) is 17.6 Å². The minimum Gasteiger partial charge on any atom is -0.251 e. The molecule has 1 saturated carbocycles. The molecule has 1 heterocycles. The molecule has 27 heavy (non-hydrogen) atoms. The number of alkyl halides is 3. The molecule has 2 aromatic rings. The number of hydrogen-bond donors (Lipinski definition) is 0. The Morgan fingerprint density at radius 1 is 1.00 bits per heavy atom. The van der Waals surface area contributed by atoms with Crippen molar-refractivity contribution in [3.63, 3.8) is 0 Å². The molecule has 1 aromatic heterocycles. The average Bonchev–Trinajstić information content (AvgIpc) is 2.66. The van der Waals surface area contributed by atoms with Gasteiger partial charge in [-0.2, -0.15) is 13.2 Å². The van der Waals surface area contributed by atoms with Crippen molar-refractivity contribution in [1.29, 1.82) is 0 Å². The molecule has 0 radical (unpaired) electrons. The number of rotatable bonds is 5. The third-order valence-corrected chi connectivity index (χ3v) is 5.78. The largest absolute Gasteiger partial charge is 0.433 e. The van der Waals surface area contributed by atoms with Crippen molar-refractivity contribution in [1.82, 2.24) is 4.98 Å². The van der Waals surface area contributed by atoms with E-state index in [4.69, 9.17) is 0 Å². The average molecular weight is 379 g/mol. The van der Waals surface area contributed by atoms with Crippen LogP contribution >= 0.6 is 0 Å². The van der Waals surface area contributed by atoms with Gasteiger partial charge in [-0.1, -0.05) is 57.2 Å². The molecular formula is C22H25F4N. The minimum absolute atomic E-state index is 0.281. The smallest absolute Gasteiger partial charge is 0.251 e. The van der Waals surface area contributed by atoms with Gasteiger partial charge in [-0.15, -0.1) is 0 Å². The van der Waals surface area contributed by atoms with Gasteiger partial charge in [-0.25, -0.2) is 4.39 Å². The van der Waals surface area contributed by atoms with Crippen molar-refractivity contribution in [2.75, 3.05) is 0 Å². The summed E-state index contributed by atoms with van der Waals surface area (Å²) in [5.41, 5.74) is 0.600. The van der Waals surface area contributed by atoms with Crippen LogP contribution in [0.3, 0.4) is 0 Å². The van der Waals surface area contributed by atoms with Crippen molar-refractivity contribution in [3.05, 3.63) is 53.6 Å². The number of aryl methyl sites for hydroxylation is 1. The highest BCUT2D eigenvalue weighted by Gasteiger charge is 2.32. The van der Waals surface area contributed by atoms with Crippen LogP contribution in [0.1, 0.15) is 56.7 Å². The molecule has 0 N–H and O–H groups in total. The minimum atomic E-state index is -4.49. The van der Waals surface area contributed by atoms with E-state index in [0.717, 1.165) is 42.5 Å². The second-order valence-corrected chi connectivity index (χ2v) is 7.58. The second-order valence-electron chi connectivity index (χ2n) is 7.58. The van der Waals surface area contributed by atoms with Crippen molar-refractivity contribution < 1.29 is 17.6 Å². The summed E-state index contributed by atoms with van der Waals surface area (Å²) < 4.78 is 52.3. The Kier molecular flexibility index (Phi) is 6.18. The van der Waals surface area contributed by atoms with Gasteiger partial charge < -0.3 is 0 Å². The van der Waals surface area contributed by atoms with Crippen molar-refractivity contribution in [2.45, 2.75) is 58.0 Å². The summed E-state index contributed by atoms with van der Waals surface area (Å²) in [4.78, 5) is 3.41. The summed E-state index contributed by atoms with van der Waals surface area (Å²) in [5, 5.41) is 0. The Morgan fingerprint density at radius 3 is 2.26 bits per heavy atom. The lowest BCUT2D eigenvalue weighted by Gasteiger charge is -2.27. The van der Waals surface area contributed by atoms with E-state index in [1.54, 1.807) is 6.07 Å². The van der Waals surface area contributed by atoms with Crippen LogP contribution in [0.25, 0.3) is 11.1 Å². The van der Waals surface area contributed by atoms with Crippen LogP contribution in [0.4, 0.5) is 17.6 Å². The van der Waals surface area contributed by atoms with Gasteiger partial charge in [0.25, 0.3) is 0 Å². The fraction of sp³-hybridized carbons (Fsp3) is 0.500. The Bertz CT molecular complexity index is 744. The number of hydrogen-bond acceptors (Lipinski definition) is 1. The number of pyridine rings is 1. The molecule has 0 amide bonds. The van der Waals surface area contributed by atoms with Gasteiger partial charge in [0.1, 0.15) is 11.5 Å². The number of benzene rings is 1. The highest BCUT2D eigenvalue weighted by Crippen LogP contribution is 2.34. The molecule has 146 valence electrons. The molecule has 0 atom stereocenters. The van der Waals surface area contributed by atoms with E-state index >= 15 is 0 Å². The zero-order valence-electron chi connectivity index (χ0n) is 15.5. The molecular weight excluding hydrogens is 354 g/mol. The monoisotopic (exact) mass is 379 g/mol. The first-order valence-electron chi connectivity index (χ1n) is 9.69. The molecule has 1 aliphatic carbocycles. The lowest BCUT2D eigenvalue weighted by atomic mass is 9.78. The molecule has 3 rings (SSSR count). The number of nitrogens with zero attached hydrogens (tertiary/aromatic N) is 1. The van der Waals surface area contributed by atoms with E-state index < -0.39 is 17.7 Å². The number of aromatic nitrogens is 1. The van der Waals surface area contributed by atoms with E-state index in [-0.39, 0.29) is 5.56 Å². The van der Waals surface area contributed by atoms with E-state index in [0.29, 0.717) is 5.56 Å². The summed E-state index contributed by atoms with van der Waals surface area (Å²) in [7, 11) is 0. The highest BCUT2D eigenvalue weighted by atomic mass is 19.4. The van der Waals surface area contributed by atoms with Crippen LogP contribution in [-0.2, 0) is 12.6 Å². The maximum atomic E-state index is 14.5. The van der Waals surface area contributed by atoms with Crippen molar-refractivity contribution >= 4 is 0 Å². The van der Waals surface area contributed by atoms with Crippen LogP contribution in [0, 0.1) is 17.7 Å². The molecule has 1 aromatic carbocycles. The van der Waals surface area contributed by atoms with Gasteiger partial charge in [0.05, 0.1) is 0 Å². The fourth-order valence-corrected chi connectivity index (χ4v) is 3.97. The predicted octanol–water partition coefficient (Wildman–Crippen LogP) is 7.06. The topological polar surface area (TPSA) is 12.9 Å². The van der Waals surface area contributed by atoms with Gasteiger partial charge in [0.15, 0.2) is 0 Å². The Morgan fingerprint density at radius 2 is 1.70 bits per heavy atom. The first kappa shape index (κ1) is 19.8. The normalized spacial score (nSPS) is 20.6. The molecule has 1 nitrogen and oxygen atoms in total. The van der Waals surface area contributed by atoms with Gasteiger partial charge in [0.2, 0.25) is 0 Å². The predicted molar refractivity (Wildman–Crippen MR) is 98.7 cm³/mol. The molecule has 1 fully saturated rings. The Balaban J connectivity index is 1.62. The highest BCUT2D eigenvalue weighted by molar-refractivity contribution is 5.63. The third kappa shape index (κ3) is 5.08. The molecule has 1 aliphatic rings. The zero-order chi connectivity index (χ0) is 19.4. The van der Waals surface area contributed by atoms with Crippen LogP contribution in [-0.4, -0.2) is 4.98 Å². The molecule has 0 unspecified atom stereocenters. The zero-order valence-corrected chi connectivity index (χ0v) is 15.5. The third-order valence-electron chi connectivity index (χ3n) is 5.78. The molecule has 5 heteroatoms. The molecule has 0 saturated heterocycles. The maximum Gasteiger partial charge on any atom is 0.433 e. The maximum absolute atomic E-state index is 14.5. The SMILES string of the molecule is CCC1CCC(CCc2ccc(-c3ccc(C(F)(F)F)nc3)c(F)c2)CC1. The summed E-state index contributed by atoms with van der Waals surface area (Å²) in [6.07, 6.45) is 4.88. The Labute approximate surface area is 157 Å². The van der Waals surface area contributed by atoms with Crippen LogP contribution < -0.4 is 0 Å². The second kappa shape index (κ2) is 8.41. The molecule has 0 aliphatic heterocycles. The first-order valence-corrected chi connectivity index (χ1v) is 9.69. The number of halogens is 4. The van der Waals surface area contributed by atoms with E-state index in [1.807, 2.05) is 6.07 Å².